The predicted molar refractivity (Wildman–Crippen MR) is 129 cm³/mol. The van der Waals surface area contributed by atoms with E-state index in [-0.39, 0.29) is 17.9 Å². The van der Waals surface area contributed by atoms with Gasteiger partial charge >= 0.3 is 0 Å². The van der Waals surface area contributed by atoms with E-state index in [1.807, 2.05) is 87.4 Å². The second-order valence-corrected chi connectivity index (χ2v) is 8.55. The van der Waals surface area contributed by atoms with Gasteiger partial charge in [-0.1, -0.05) is 35.9 Å². The average Bonchev–Trinajstić information content (AvgIpc) is 3.06. The second kappa shape index (κ2) is 8.90. The lowest BCUT2D eigenvalue weighted by atomic mass is 9.93. The Bertz CT molecular complexity index is 1230. The molecule has 3 aromatic rings. The van der Waals surface area contributed by atoms with Gasteiger partial charge in [0.2, 0.25) is 0 Å². The number of aliphatic hydroxyl groups excluding tert-OH is 1. The molecule has 6 nitrogen and oxygen atoms in total. The van der Waals surface area contributed by atoms with Crippen molar-refractivity contribution >= 4 is 23.1 Å². The fourth-order valence-corrected chi connectivity index (χ4v) is 4.15. The highest BCUT2D eigenvalue weighted by Crippen LogP contribution is 2.41. The van der Waals surface area contributed by atoms with Gasteiger partial charge in [-0.25, -0.2) is 0 Å². The Morgan fingerprint density at radius 1 is 1.03 bits per heavy atom. The van der Waals surface area contributed by atoms with Gasteiger partial charge in [-0.3, -0.25) is 14.6 Å². The summed E-state index contributed by atoms with van der Waals surface area (Å²) in [6, 6.07) is 18.1. The summed E-state index contributed by atoms with van der Waals surface area (Å²) in [4.78, 5) is 34.2. The highest BCUT2D eigenvalue weighted by molar-refractivity contribution is 6.46. The molecule has 0 bridgehead atoms. The maximum atomic E-state index is 13.2. The van der Waals surface area contributed by atoms with Crippen molar-refractivity contribution in [3.8, 4) is 0 Å². The van der Waals surface area contributed by atoms with E-state index < -0.39 is 17.7 Å². The van der Waals surface area contributed by atoms with Crippen LogP contribution < -0.4 is 4.90 Å². The molecule has 1 N–H and O–H groups in total. The van der Waals surface area contributed by atoms with Crippen LogP contribution in [0.15, 0.2) is 72.4 Å². The van der Waals surface area contributed by atoms with Crippen LogP contribution in [-0.2, 0) is 16.1 Å². The van der Waals surface area contributed by atoms with Crippen LogP contribution in [0.4, 0.5) is 5.69 Å². The number of amides is 1. The Kier molecular flexibility index (Phi) is 6.01. The Labute approximate surface area is 193 Å². The summed E-state index contributed by atoms with van der Waals surface area (Å²) in [7, 11) is 3.89. The quantitative estimate of drug-likeness (QED) is 0.361. The van der Waals surface area contributed by atoms with Crippen LogP contribution in [0.2, 0.25) is 0 Å². The molecule has 6 heteroatoms. The van der Waals surface area contributed by atoms with E-state index in [9.17, 15) is 14.7 Å². The average molecular weight is 442 g/mol. The number of hydrogen-bond donors (Lipinski definition) is 1. The Balaban J connectivity index is 1.89. The number of Topliss-reactive ketones (excluding diaryl/α,β-unsaturated/α-hetero) is 1. The molecule has 0 aliphatic carbocycles. The summed E-state index contributed by atoms with van der Waals surface area (Å²) in [5.74, 6) is -1.49. The molecule has 1 amide bonds. The summed E-state index contributed by atoms with van der Waals surface area (Å²) in [6.07, 6.45) is 1.66. The van der Waals surface area contributed by atoms with Crippen LogP contribution in [0, 0.1) is 13.8 Å². The molecule has 168 valence electrons. The van der Waals surface area contributed by atoms with Crippen molar-refractivity contribution in [1.82, 2.24) is 9.88 Å². The molecule has 2 aromatic carbocycles. The first-order chi connectivity index (χ1) is 15.8. The third kappa shape index (κ3) is 4.24. The molecule has 1 aliphatic heterocycles. The molecule has 4 rings (SSSR count). The summed E-state index contributed by atoms with van der Waals surface area (Å²) < 4.78 is 0. The zero-order valence-electron chi connectivity index (χ0n) is 19.2. The summed E-state index contributed by atoms with van der Waals surface area (Å²) in [6.45, 7) is 3.96. The van der Waals surface area contributed by atoms with Gasteiger partial charge in [0.25, 0.3) is 11.7 Å². The van der Waals surface area contributed by atoms with E-state index >= 15 is 0 Å². The van der Waals surface area contributed by atoms with E-state index in [1.54, 1.807) is 12.3 Å². The maximum Gasteiger partial charge on any atom is 0.296 e. The standard InChI is InChI=1S/C27H27N3O3/c1-17-8-9-18(2)22(15-17)25(31)23-24(19-10-12-21(13-11-19)29(3)4)30(27(33)26(23)32)16-20-7-5-6-14-28-20/h5-15,24,31H,16H2,1-4H3/b25-23+. The van der Waals surface area contributed by atoms with Crippen LogP contribution in [0.3, 0.4) is 0 Å². The molecular formula is C27H27N3O3. The lowest BCUT2D eigenvalue weighted by molar-refractivity contribution is -0.140. The number of aryl methyl sites for hydroxylation is 2. The number of hydrogen-bond acceptors (Lipinski definition) is 5. The van der Waals surface area contributed by atoms with Crippen LogP contribution in [0.1, 0.15) is 34.0 Å². The number of likely N-dealkylation sites (tertiary alicyclic amines) is 1. The van der Waals surface area contributed by atoms with Crippen LogP contribution in [-0.4, -0.2) is 40.8 Å². The largest absolute Gasteiger partial charge is 0.507 e. The molecule has 1 unspecified atom stereocenters. The first kappa shape index (κ1) is 22.3. The van der Waals surface area contributed by atoms with Gasteiger partial charge in [0.15, 0.2) is 0 Å². The number of rotatable bonds is 5. The predicted octanol–water partition coefficient (Wildman–Crippen LogP) is 4.39. The van der Waals surface area contributed by atoms with Crippen molar-refractivity contribution in [2.75, 3.05) is 19.0 Å². The summed E-state index contributed by atoms with van der Waals surface area (Å²) in [5, 5.41) is 11.3. The maximum absolute atomic E-state index is 13.2. The van der Waals surface area contributed by atoms with E-state index in [1.165, 1.54) is 4.90 Å². The normalized spacial score (nSPS) is 17.5. The SMILES string of the molecule is Cc1ccc(C)c(/C(O)=C2\C(=O)C(=O)N(Cc3ccccn3)C2c2ccc(N(C)C)cc2)c1. The third-order valence-electron chi connectivity index (χ3n) is 5.97. The number of anilines is 1. The highest BCUT2D eigenvalue weighted by atomic mass is 16.3. The lowest BCUT2D eigenvalue weighted by Gasteiger charge is -2.26. The Morgan fingerprint density at radius 3 is 2.39 bits per heavy atom. The molecule has 0 radical (unpaired) electrons. The number of ketones is 1. The highest BCUT2D eigenvalue weighted by Gasteiger charge is 2.46. The number of benzene rings is 2. The molecule has 0 saturated carbocycles. The van der Waals surface area contributed by atoms with E-state index in [2.05, 4.69) is 4.98 Å². The molecule has 0 spiro atoms. The van der Waals surface area contributed by atoms with Crippen LogP contribution in [0.25, 0.3) is 5.76 Å². The van der Waals surface area contributed by atoms with Gasteiger partial charge < -0.3 is 14.9 Å². The minimum absolute atomic E-state index is 0.0993. The molecule has 1 atom stereocenters. The Morgan fingerprint density at radius 2 is 1.76 bits per heavy atom. The van der Waals surface area contributed by atoms with Gasteiger partial charge in [-0.2, -0.15) is 0 Å². The minimum atomic E-state index is -0.719. The molecular weight excluding hydrogens is 414 g/mol. The minimum Gasteiger partial charge on any atom is -0.507 e. The molecule has 1 aromatic heterocycles. The fraction of sp³-hybridized carbons (Fsp3) is 0.222. The second-order valence-electron chi connectivity index (χ2n) is 8.55. The van der Waals surface area contributed by atoms with Crippen molar-refractivity contribution in [2.24, 2.45) is 0 Å². The number of aromatic nitrogens is 1. The first-order valence-corrected chi connectivity index (χ1v) is 10.8. The fourth-order valence-electron chi connectivity index (χ4n) is 4.15. The van der Waals surface area contributed by atoms with Crippen molar-refractivity contribution in [2.45, 2.75) is 26.4 Å². The van der Waals surface area contributed by atoms with Crippen molar-refractivity contribution in [3.63, 3.8) is 0 Å². The van der Waals surface area contributed by atoms with E-state index in [4.69, 9.17) is 0 Å². The lowest BCUT2D eigenvalue weighted by Crippen LogP contribution is -2.29. The Hall–Kier alpha value is -3.93. The first-order valence-electron chi connectivity index (χ1n) is 10.8. The van der Waals surface area contributed by atoms with Crippen LogP contribution in [0.5, 0.6) is 0 Å². The monoisotopic (exact) mass is 441 g/mol. The summed E-state index contributed by atoms with van der Waals surface area (Å²) in [5.41, 5.74) is 4.86. The smallest absolute Gasteiger partial charge is 0.296 e. The zero-order valence-corrected chi connectivity index (χ0v) is 19.2. The molecule has 1 fully saturated rings. The number of carbonyl (C=O) groups excluding carboxylic acids is 2. The van der Waals surface area contributed by atoms with Gasteiger partial charge in [0, 0.05) is 31.5 Å². The molecule has 1 aliphatic rings. The van der Waals surface area contributed by atoms with E-state index in [0.29, 0.717) is 11.3 Å². The van der Waals surface area contributed by atoms with E-state index in [0.717, 1.165) is 22.4 Å². The topological polar surface area (TPSA) is 73.7 Å². The number of nitrogens with zero attached hydrogens (tertiary/aromatic N) is 3. The van der Waals surface area contributed by atoms with Gasteiger partial charge in [0.05, 0.1) is 23.9 Å². The van der Waals surface area contributed by atoms with Crippen molar-refractivity contribution in [1.29, 1.82) is 0 Å². The summed E-state index contributed by atoms with van der Waals surface area (Å²) >= 11 is 0. The number of carbonyl (C=O) groups is 2. The molecule has 1 saturated heterocycles. The third-order valence-corrected chi connectivity index (χ3v) is 5.97. The number of pyridine rings is 1. The van der Waals surface area contributed by atoms with Crippen LogP contribution >= 0.6 is 0 Å². The molecule has 33 heavy (non-hydrogen) atoms. The van der Waals surface area contributed by atoms with Gasteiger partial charge in [0.1, 0.15) is 5.76 Å². The van der Waals surface area contributed by atoms with Crippen molar-refractivity contribution < 1.29 is 14.7 Å². The van der Waals surface area contributed by atoms with Crippen molar-refractivity contribution in [3.05, 3.63) is 100 Å². The number of aliphatic hydroxyl groups is 1. The molecule has 2 heterocycles. The zero-order chi connectivity index (χ0) is 23.7. The van der Waals surface area contributed by atoms with Gasteiger partial charge in [-0.15, -0.1) is 0 Å². The van der Waals surface area contributed by atoms with Gasteiger partial charge in [-0.05, 0) is 55.3 Å².